The highest BCUT2D eigenvalue weighted by Gasteiger charge is 2.60. The van der Waals surface area contributed by atoms with Gasteiger partial charge in [0.25, 0.3) is 5.91 Å². The number of aryl methyl sites for hydroxylation is 1. The molecule has 14 heteroatoms. The standard InChI is InChI=1S/C23H16F6N3O4S/c1-13-3-2-4-17-19(13)14(9-10-30-17)11-32(36-20(34)22(24,25)26)12-18(33)31(21(32)35)15-5-7-16(8-6-15)37-23(27,28)29/h2-10H,11-12H2,1H3/q+1. The Morgan fingerprint density at radius 2 is 1.73 bits per heavy atom. The van der Waals surface area contributed by atoms with Crippen LogP contribution >= 0.6 is 11.8 Å². The third-order valence-electron chi connectivity index (χ3n) is 5.48. The summed E-state index contributed by atoms with van der Waals surface area (Å²) in [6, 6.07) is 9.27. The lowest BCUT2D eigenvalue weighted by Gasteiger charge is -2.27. The number of pyridine rings is 1. The molecule has 2 heterocycles. The van der Waals surface area contributed by atoms with Crippen LogP contribution in [0.2, 0.25) is 0 Å². The summed E-state index contributed by atoms with van der Waals surface area (Å²) in [5.41, 5.74) is -3.35. The molecule has 194 valence electrons. The van der Waals surface area contributed by atoms with Crippen LogP contribution in [0, 0.1) is 6.92 Å². The Bertz CT molecular complexity index is 1390. The van der Waals surface area contributed by atoms with E-state index in [9.17, 15) is 40.7 Å². The summed E-state index contributed by atoms with van der Waals surface area (Å²) >= 11 is -0.424. The monoisotopic (exact) mass is 544 g/mol. The Balaban J connectivity index is 1.76. The van der Waals surface area contributed by atoms with Gasteiger partial charge in [-0.2, -0.15) is 31.2 Å². The van der Waals surface area contributed by atoms with Gasteiger partial charge in [-0.3, -0.25) is 14.6 Å². The van der Waals surface area contributed by atoms with E-state index < -0.39 is 59.1 Å². The molecule has 37 heavy (non-hydrogen) atoms. The lowest BCUT2D eigenvalue weighted by Crippen LogP contribution is -2.53. The number of benzene rings is 2. The smallest absolute Gasteiger partial charge is 0.267 e. The van der Waals surface area contributed by atoms with Gasteiger partial charge in [-0.25, -0.2) is 9.59 Å². The van der Waals surface area contributed by atoms with Crippen LogP contribution in [0.5, 0.6) is 0 Å². The van der Waals surface area contributed by atoms with Crippen LogP contribution in [0.3, 0.4) is 0 Å². The van der Waals surface area contributed by atoms with E-state index in [1.165, 1.54) is 12.3 Å². The van der Waals surface area contributed by atoms with E-state index in [-0.39, 0.29) is 16.1 Å². The van der Waals surface area contributed by atoms with Gasteiger partial charge >= 0.3 is 23.7 Å². The highest BCUT2D eigenvalue weighted by Crippen LogP contribution is 2.39. The first-order valence-corrected chi connectivity index (χ1v) is 11.3. The van der Waals surface area contributed by atoms with Crippen molar-refractivity contribution in [2.45, 2.75) is 30.0 Å². The van der Waals surface area contributed by atoms with E-state index in [1.807, 2.05) is 0 Å². The number of aromatic nitrogens is 1. The van der Waals surface area contributed by atoms with Crippen LogP contribution in [-0.4, -0.2) is 45.8 Å². The summed E-state index contributed by atoms with van der Waals surface area (Å²) < 4.78 is 75.7. The quantitative estimate of drug-likeness (QED) is 0.179. The minimum Gasteiger partial charge on any atom is -0.267 e. The largest absolute Gasteiger partial charge is 0.497 e. The summed E-state index contributed by atoms with van der Waals surface area (Å²) in [4.78, 5) is 47.3. The SMILES string of the molecule is Cc1cccc2nccc(C[N+]3(OC(=O)C(F)(F)F)CC(=O)N(c4ccc(SC(F)(F)F)cc4)C3=O)c12. The predicted molar refractivity (Wildman–Crippen MR) is 119 cm³/mol. The molecule has 0 spiro atoms. The van der Waals surface area contributed by atoms with Crippen molar-refractivity contribution < 1.29 is 50.2 Å². The Hall–Kier alpha value is -3.65. The summed E-state index contributed by atoms with van der Waals surface area (Å²) in [5, 5.41) is 0.498. The molecule has 3 aromatic rings. The number of alkyl halides is 6. The lowest BCUT2D eigenvalue weighted by atomic mass is 10.0. The number of carbonyl (C=O) groups is 3. The van der Waals surface area contributed by atoms with Gasteiger partial charge in [0.15, 0.2) is 6.54 Å². The third kappa shape index (κ3) is 5.39. The number of fused-ring (bicyclic) bond motifs is 1. The molecule has 0 saturated carbocycles. The summed E-state index contributed by atoms with van der Waals surface area (Å²) in [6.45, 7) is 0.119. The van der Waals surface area contributed by atoms with Crippen molar-refractivity contribution in [3.63, 3.8) is 0 Å². The van der Waals surface area contributed by atoms with E-state index in [0.717, 1.165) is 24.3 Å². The molecular formula is C23H16F6N3O4S+. The number of halogens is 6. The highest BCUT2D eigenvalue weighted by atomic mass is 32.2. The maximum Gasteiger partial charge on any atom is 0.497 e. The first kappa shape index (κ1) is 26.4. The van der Waals surface area contributed by atoms with Crippen molar-refractivity contribution in [2.24, 2.45) is 0 Å². The minimum absolute atomic E-state index is 0.194. The second-order valence-electron chi connectivity index (χ2n) is 8.07. The van der Waals surface area contributed by atoms with E-state index in [0.29, 0.717) is 21.4 Å². The van der Waals surface area contributed by atoms with Gasteiger partial charge in [0, 0.05) is 22.0 Å². The van der Waals surface area contributed by atoms with Gasteiger partial charge in [0.2, 0.25) is 6.54 Å². The Kier molecular flexibility index (Phi) is 6.67. The maximum atomic E-state index is 13.5. The van der Waals surface area contributed by atoms with Crippen molar-refractivity contribution in [3.05, 3.63) is 65.9 Å². The maximum absolute atomic E-state index is 13.5. The van der Waals surface area contributed by atoms with Crippen molar-refractivity contribution in [1.82, 2.24) is 4.98 Å². The van der Waals surface area contributed by atoms with Crippen molar-refractivity contribution in [2.75, 3.05) is 11.4 Å². The topological polar surface area (TPSA) is 76.6 Å². The van der Waals surface area contributed by atoms with Crippen molar-refractivity contribution >= 4 is 46.3 Å². The Labute approximate surface area is 209 Å². The molecule has 0 aliphatic carbocycles. The van der Waals surface area contributed by atoms with E-state index in [1.54, 1.807) is 25.1 Å². The van der Waals surface area contributed by atoms with Crippen LogP contribution in [0.4, 0.5) is 36.8 Å². The van der Waals surface area contributed by atoms with Crippen molar-refractivity contribution in [3.8, 4) is 0 Å². The number of urea groups is 1. The number of quaternary nitrogens is 1. The molecule has 1 fully saturated rings. The number of nitrogens with zero attached hydrogens (tertiary/aromatic N) is 3. The first-order valence-electron chi connectivity index (χ1n) is 10.4. The number of carbonyl (C=O) groups excluding carboxylic acids is 3. The van der Waals surface area contributed by atoms with Gasteiger partial charge < -0.3 is 0 Å². The van der Waals surface area contributed by atoms with Gasteiger partial charge in [0.05, 0.1) is 11.2 Å². The second-order valence-corrected chi connectivity index (χ2v) is 9.21. The second kappa shape index (κ2) is 9.34. The molecule has 7 nitrogen and oxygen atoms in total. The summed E-state index contributed by atoms with van der Waals surface area (Å²) in [7, 11) is 0. The van der Waals surface area contributed by atoms with Crippen LogP contribution in [0.1, 0.15) is 11.1 Å². The summed E-state index contributed by atoms with van der Waals surface area (Å²) in [6.07, 6.45) is -4.11. The average Bonchev–Trinajstić information content (AvgIpc) is 3.02. The third-order valence-corrected chi connectivity index (χ3v) is 6.22. The van der Waals surface area contributed by atoms with Gasteiger partial charge in [-0.05, 0) is 65.3 Å². The molecule has 4 rings (SSSR count). The highest BCUT2D eigenvalue weighted by molar-refractivity contribution is 8.00. The van der Waals surface area contributed by atoms with Crippen LogP contribution < -0.4 is 4.90 Å². The average molecular weight is 544 g/mol. The number of thioether (sulfide) groups is 1. The van der Waals surface area contributed by atoms with E-state index in [4.69, 9.17) is 0 Å². The predicted octanol–water partition coefficient (Wildman–Crippen LogP) is 5.66. The zero-order valence-electron chi connectivity index (χ0n) is 18.8. The normalized spacial score (nSPS) is 18.5. The zero-order chi connectivity index (χ0) is 27.2. The fourth-order valence-electron chi connectivity index (χ4n) is 4.01. The molecule has 1 unspecified atom stereocenters. The number of hydrogen-bond acceptors (Lipinski definition) is 6. The number of amides is 3. The van der Waals surface area contributed by atoms with Gasteiger partial charge in [-0.15, -0.1) is 0 Å². The van der Waals surface area contributed by atoms with Gasteiger partial charge in [-0.1, -0.05) is 12.1 Å². The molecule has 3 amide bonds. The molecule has 2 aromatic carbocycles. The number of imide groups is 1. The van der Waals surface area contributed by atoms with Crippen molar-refractivity contribution in [1.29, 1.82) is 0 Å². The molecular weight excluding hydrogens is 528 g/mol. The molecule has 0 radical (unpaired) electrons. The Morgan fingerprint density at radius 3 is 2.35 bits per heavy atom. The number of rotatable bonds is 5. The number of hydroxylamine groups is 3. The molecule has 1 saturated heterocycles. The van der Waals surface area contributed by atoms with Gasteiger partial charge in [0.1, 0.15) is 0 Å². The first-order chi connectivity index (χ1) is 17.2. The number of hydrogen-bond donors (Lipinski definition) is 0. The molecule has 1 atom stereocenters. The molecule has 1 aliphatic rings. The van der Waals surface area contributed by atoms with E-state index in [2.05, 4.69) is 9.82 Å². The fourth-order valence-corrected chi connectivity index (χ4v) is 4.55. The zero-order valence-corrected chi connectivity index (χ0v) is 19.6. The summed E-state index contributed by atoms with van der Waals surface area (Å²) in [5.74, 6) is -3.69. The van der Waals surface area contributed by atoms with Crippen LogP contribution in [0.25, 0.3) is 10.9 Å². The number of anilines is 1. The molecule has 1 aliphatic heterocycles. The fraction of sp³-hybridized carbons (Fsp3) is 0.217. The van der Waals surface area contributed by atoms with Crippen LogP contribution in [0.15, 0.2) is 59.6 Å². The molecule has 0 N–H and O–H groups in total. The minimum atomic E-state index is -5.46. The molecule has 1 aromatic heterocycles. The lowest BCUT2D eigenvalue weighted by molar-refractivity contribution is -1.02. The molecule has 0 bridgehead atoms. The van der Waals surface area contributed by atoms with Crippen LogP contribution in [-0.2, 0) is 21.0 Å². The van der Waals surface area contributed by atoms with E-state index >= 15 is 0 Å². The Morgan fingerprint density at radius 1 is 1.05 bits per heavy atom.